The smallest absolute Gasteiger partial charge is 0.182 e. The quantitative estimate of drug-likeness (QED) is 0.117. The van der Waals surface area contributed by atoms with Crippen molar-refractivity contribution in [3.8, 4) is 0 Å². The predicted octanol–water partition coefficient (Wildman–Crippen LogP) is 5.49. The third kappa shape index (κ3) is 26.2. The molecule has 0 atom stereocenters. The minimum Gasteiger partial charge on any atom is -1.00 e. The number of hydrogen-bond donors (Lipinski definition) is 0. The summed E-state index contributed by atoms with van der Waals surface area (Å²) in [6, 6.07) is 0. The lowest BCUT2D eigenvalue weighted by molar-refractivity contribution is -0.909. The summed E-state index contributed by atoms with van der Waals surface area (Å²) in [5, 5.41) is 0. The van der Waals surface area contributed by atoms with Gasteiger partial charge in [0, 0.05) is 0 Å². The SMILES string of the molecule is CCCCCCCCCCCC[N+](C)(C)COCCCCCCCCCCC.[Cl-]. The van der Waals surface area contributed by atoms with Crippen LogP contribution in [0.2, 0.25) is 0 Å². The van der Waals surface area contributed by atoms with Gasteiger partial charge in [0.2, 0.25) is 0 Å². The molecule has 0 aromatic carbocycles. The topological polar surface area (TPSA) is 9.23 Å². The van der Waals surface area contributed by atoms with Gasteiger partial charge in [-0.15, -0.1) is 0 Å². The Hall–Kier alpha value is 0.210. The van der Waals surface area contributed by atoms with Gasteiger partial charge in [-0.2, -0.15) is 0 Å². The Morgan fingerprint density at radius 3 is 1.24 bits per heavy atom. The molecule has 0 aromatic rings. The highest BCUT2D eigenvalue weighted by atomic mass is 35.5. The maximum Gasteiger partial charge on any atom is 0.182 e. The Balaban J connectivity index is 0. The van der Waals surface area contributed by atoms with E-state index in [9.17, 15) is 0 Å². The summed E-state index contributed by atoms with van der Waals surface area (Å²) >= 11 is 0. The van der Waals surface area contributed by atoms with Gasteiger partial charge in [0.15, 0.2) is 6.73 Å². The van der Waals surface area contributed by atoms with Crippen LogP contribution in [0, 0.1) is 0 Å². The third-order valence-electron chi connectivity index (χ3n) is 5.95. The molecule has 0 amide bonds. The fraction of sp³-hybridized carbons (Fsp3) is 1.00. The Kier molecular flexibility index (Phi) is 26.5. The molecule has 0 aliphatic heterocycles. The number of hydrogen-bond acceptors (Lipinski definition) is 1. The Labute approximate surface area is 191 Å². The van der Waals surface area contributed by atoms with E-state index in [1.165, 1.54) is 129 Å². The van der Waals surface area contributed by atoms with E-state index < -0.39 is 0 Å². The molecule has 2 nitrogen and oxygen atoms in total. The molecule has 0 saturated heterocycles. The number of rotatable bonds is 23. The third-order valence-corrected chi connectivity index (χ3v) is 5.95. The Morgan fingerprint density at radius 1 is 0.483 bits per heavy atom. The van der Waals surface area contributed by atoms with Crippen LogP contribution in [-0.2, 0) is 4.74 Å². The summed E-state index contributed by atoms with van der Waals surface area (Å²) in [5.41, 5.74) is 0. The van der Waals surface area contributed by atoms with Crippen LogP contribution in [0.1, 0.15) is 136 Å². The molecule has 0 fully saturated rings. The summed E-state index contributed by atoms with van der Waals surface area (Å²) in [6.45, 7) is 7.68. The van der Waals surface area contributed by atoms with E-state index >= 15 is 0 Å². The molecular weight excluding hydrogens is 378 g/mol. The monoisotopic (exact) mass is 433 g/mol. The van der Waals surface area contributed by atoms with Crippen LogP contribution >= 0.6 is 0 Å². The van der Waals surface area contributed by atoms with Gasteiger partial charge in [0.05, 0.1) is 27.2 Å². The van der Waals surface area contributed by atoms with Crippen LogP contribution in [-0.4, -0.2) is 38.5 Å². The first-order valence-electron chi connectivity index (χ1n) is 13.0. The number of ether oxygens (including phenoxy) is 1. The summed E-state index contributed by atoms with van der Waals surface area (Å²) in [4.78, 5) is 0. The number of quaternary nitrogens is 1. The molecule has 0 radical (unpaired) electrons. The van der Waals surface area contributed by atoms with E-state index in [1.54, 1.807) is 0 Å². The van der Waals surface area contributed by atoms with Crippen molar-refractivity contribution in [1.29, 1.82) is 0 Å². The van der Waals surface area contributed by atoms with Crippen LogP contribution < -0.4 is 12.4 Å². The van der Waals surface area contributed by atoms with Crippen molar-refractivity contribution in [2.24, 2.45) is 0 Å². The first-order valence-corrected chi connectivity index (χ1v) is 13.0. The van der Waals surface area contributed by atoms with Gasteiger partial charge in [0.1, 0.15) is 0 Å². The Morgan fingerprint density at radius 2 is 0.828 bits per heavy atom. The number of halogens is 1. The van der Waals surface area contributed by atoms with Crippen molar-refractivity contribution in [2.45, 2.75) is 136 Å². The second kappa shape index (κ2) is 24.5. The lowest BCUT2D eigenvalue weighted by Crippen LogP contribution is -3.00. The molecule has 0 rings (SSSR count). The maximum absolute atomic E-state index is 5.97. The van der Waals surface area contributed by atoms with E-state index in [0.717, 1.165) is 17.8 Å². The first kappa shape index (κ1) is 31.4. The van der Waals surface area contributed by atoms with Crippen molar-refractivity contribution in [3.63, 3.8) is 0 Å². The normalized spacial score (nSPS) is 11.6. The zero-order chi connectivity index (χ0) is 20.8. The zero-order valence-corrected chi connectivity index (χ0v) is 21.5. The van der Waals surface area contributed by atoms with Crippen LogP contribution in [0.3, 0.4) is 0 Å². The van der Waals surface area contributed by atoms with Crippen molar-refractivity contribution < 1.29 is 21.6 Å². The summed E-state index contributed by atoms with van der Waals surface area (Å²) in [7, 11) is 4.65. The van der Waals surface area contributed by atoms with E-state index in [2.05, 4.69) is 27.9 Å². The van der Waals surface area contributed by atoms with Crippen molar-refractivity contribution in [1.82, 2.24) is 0 Å². The van der Waals surface area contributed by atoms with Gasteiger partial charge in [-0.05, 0) is 19.3 Å². The molecule has 0 spiro atoms. The van der Waals surface area contributed by atoms with Crippen LogP contribution in [0.5, 0.6) is 0 Å². The molecule has 0 heterocycles. The molecule has 0 saturated carbocycles. The van der Waals surface area contributed by atoms with Crippen LogP contribution in [0.4, 0.5) is 0 Å². The van der Waals surface area contributed by atoms with Crippen LogP contribution in [0.15, 0.2) is 0 Å². The first-order chi connectivity index (χ1) is 13.6. The van der Waals surface area contributed by atoms with E-state index in [1.807, 2.05) is 0 Å². The summed E-state index contributed by atoms with van der Waals surface area (Å²) < 4.78 is 6.99. The summed E-state index contributed by atoms with van der Waals surface area (Å²) in [5.74, 6) is 0. The van der Waals surface area contributed by atoms with Crippen LogP contribution in [0.25, 0.3) is 0 Å². The van der Waals surface area contributed by atoms with Crippen molar-refractivity contribution in [3.05, 3.63) is 0 Å². The number of nitrogens with zero attached hydrogens (tertiary/aromatic N) is 1. The largest absolute Gasteiger partial charge is 1.00 e. The lowest BCUT2D eigenvalue weighted by Gasteiger charge is -2.29. The average Bonchev–Trinajstić information content (AvgIpc) is 2.67. The molecule has 178 valence electrons. The van der Waals surface area contributed by atoms with Gasteiger partial charge in [0.25, 0.3) is 0 Å². The van der Waals surface area contributed by atoms with Crippen molar-refractivity contribution >= 4 is 0 Å². The average molecular weight is 434 g/mol. The minimum absolute atomic E-state index is 0. The van der Waals surface area contributed by atoms with E-state index in [4.69, 9.17) is 4.74 Å². The lowest BCUT2D eigenvalue weighted by atomic mass is 10.1. The highest BCUT2D eigenvalue weighted by Crippen LogP contribution is 2.12. The molecule has 0 unspecified atom stereocenters. The highest BCUT2D eigenvalue weighted by molar-refractivity contribution is 4.48. The summed E-state index contributed by atoms with van der Waals surface area (Å²) in [6.07, 6.45) is 26.7. The molecule has 3 heteroatoms. The maximum atomic E-state index is 5.97. The Bertz CT molecular complexity index is 296. The standard InChI is InChI=1S/C26H56NO.ClH/c1-5-7-9-11-13-15-16-18-20-22-24-27(3,4)26-28-25-23-21-19-17-14-12-10-8-6-2;/h5-26H2,1-4H3;1H/q+1;/p-1. The molecule has 0 N–H and O–H groups in total. The number of unbranched alkanes of at least 4 members (excludes halogenated alkanes) is 17. The fourth-order valence-electron chi connectivity index (χ4n) is 3.92. The minimum atomic E-state index is 0. The zero-order valence-electron chi connectivity index (χ0n) is 20.8. The van der Waals surface area contributed by atoms with E-state index in [0.29, 0.717) is 0 Å². The molecular formula is C26H56ClNO. The second-order valence-corrected chi connectivity index (χ2v) is 9.71. The second-order valence-electron chi connectivity index (χ2n) is 9.71. The van der Waals surface area contributed by atoms with Gasteiger partial charge in [-0.1, -0.05) is 117 Å². The van der Waals surface area contributed by atoms with Gasteiger partial charge < -0.3 is 21.6 Å². The molecule has 29 heavy (non-hydrogen) atoms. The molecule has 0 aromatic heterocycles. The fourth-order valence-corrected chi connectivity index (χ4v) is 3.92. The predicted molar refractivity (Wildman–Crippen MR) is 127 cm³/mol. The van der Waals surface area contributed by atoms with Gasteiger partial charge >= 0.3 is 0 Å². The van der Waals surface area contributed by atoms with E-state index in [-0.39, 0.29) is 12.4 Å². The highest BCUT2D eigenvalue weighted by Gasteiger charge is 2.14. The van der Waals surface area contributed by atoms with Gasteiger partial charge in [-0.3, -0.25) is 0 Å². The molecule has 0 aliphatic carbocycles. The molecule has 0 bridgehead atoms. The molecule has 0 aliphatic rings. The van der Waals surface area contributed by atoms with Crippen molar-refractivity contribution in [2.75, 3.05) is 34.0 Å². The van der Waals surface area contributed by atoms with Gasteiger partial charge in [-0.25, -0.2) is 0 Å².